The van der Waals surface area contributed by atoms with Gasteiger partial charge in [-0.25, -0.2) is 0 Å². The van der Waals surface area contributed by atoms with Gasteiger partial charge in [-0.1, -0.05) is 49.7 Å². The summed E-state index contributed by atoms with van der Waals surface area (Å²) in [5, 5.41) is 4.18. The maximum absolute atomic E-state index is 5.62. The molecule has 0 unspecified atom stereocenters. The highest BCUT2D eigenvalue weighted by atomic mass is 16.5. The van der Waals surface area contributed by atoms with Crippen molar-refractivity contribution < 1.29 is 4.52 Å². The average Bonchev–Trinajstić information content (AvgIpc) is 2.92. The first-order chi connectivity index (χ1) is 10.1. The van der Waals surface area contributed by atoms with Crippen molar-refractivity contribution in [2.75, 3.05) is 0 Å². The van der Waals surface area contributed by atoms with Gasteiger partial charge in [0, 0.05) is 17.5 Å². The summed E-state index contributed by atoms with van der Waals surface area (Å²) >= 11 is 0. The number of rotatable bonds is 5. The molecule has 4 heteroatoms. The number of hydrogen-bond donors (Lipinski definition) is 1. The molecule has 0 aliphatic heterocycles. The van der Waals surface area contributed by atoms with E-state index in [4.69, 9.17) is 10.3 Å². The Labute approximate surface area is 125 Å². The highest BCUT2D eigenvalue weighted by Crippen LogP contribution is 2.47. The van der Waals surface area contributed by atoms with Gasteiger partial charge >= 0.3 is 0 Å². The second-order valence-electron chi connectivity index (χ2n) is 6.56. The smallest absolute Gasteiger partial charge is 0.233 e. The van der Waals surface area contributed by atoms with Crippen molar-refractivity contribution in [3.05, 3.63) is 35.7 Å². The van der Waals surface area contributed by atoms with Crippen LogP contribution in [-0.4, -0.2) is 10.1 Å². The lowest BCUT2D eigenvalue weighted by molar-refractivity contribution is 0.144. The Morgan fingerprint density at radius 2 is 1.95 bits per heavy atom. The Hall–Kier alpha value is -1.68. The van der Waals surface area contributed by atoms with E-state index in [1.165, 1.54) is 19.3 Å². The highest BCUT2D eigenvalue weighted by molar-refractivity contribution is 5.54. The summed E-state index contributed by atoms with van der Waals surface area (Å²) in [6, 6.07) is 8.04. The summed E-state index contributed by atoms with van der Waals surface area (Å²) in [5.74, 6) is 2.15. The molecule has 3 rings (SSSR count). The Kier molecular flexibility index (Phi) is 3.81. The van der Waals surface area contributed by atoms with Gasteiger partial charge in [0.2, 0.25) is 11.7 Å². The van der Waals surface area contributed by atoms with Gasteiger partial charge in [-0.2, -0.15) is 4.98 Å². The van der Waals surface area contributed by atoms with Crippen LogP contribution in [0.1, 0.15) is 51.0 Å². The normalized spacial score (nSPS) is 17.0. The Morgan fingerprint density at radius 1 is 1.24 bits per heavy atom. The number of benzene rings is 1. The maximum atomic E-state index is 5.62. The second kappa shape index (κ2) is 5.60. The molecule has 21 heavy (non-hydrogen) atoms. The van der Waals surface area contributed by atoms with Gasteiger partial charge in [-0.3, -0.25) is 0 Å². The number of nitrogens with zero attached hydrogens (tertiary/aromatic N) is 2. The molecule has 1 heterocycles. The van der Waals surface area contributed by atoms with Crippen LogP contribution in [0.15, 0.2) is 28.8 Å². The fraction of sp³-hybridized carbons (Fsp3) is 0.529. The Bertz CT molecular complexity index is 597. The summed E-state index contributed by atoms with van der Waals surface area (Å²) in [4.78, 5) is 4.67. The molecule has 1 aromatic carbocycles. The van der Waals surface area contributed by atoms with Gasteiger partial charge in [-0.15, -0.1) is 0 Å². The molecule has 2 N–H and O–H groups in total. The van der Waals surface area contributed by atoms with Crippen LogP contribution in [0.2, 0.25) is 0 Å². The van der Waals surface area contributed by atoms with Crippen LogP contribution in [-0.2, 0) is 12.0 Å². The van der Waals surface area contributed by atoms with Crippen molar-refractivity contribution in [2.45, 2.75) is 51.5 Å². The van der Waals surface area contributed by atoms with E-state index in [1.807, 2.05) is 24.3 Å². The molecule has 4 nitrogen and oxygen atoms in total. The summed E-state index contributed by atoms with van der Waals surface area (Å²) in [6.45, 7) is 5.06. The zero-order chi connectivity index (χ0) is 14.9. The third-order valence-electron chi connectivity index (χ3n) is 4.44. The van der Waals surface area contributed by atoms with Gasteiger partial charge < -0.3 is 10.3 Å². The third kappa shape index (κ3) is 2.72. The molecule has 1 aliphatic rings. The lowest BCUT2D eigenvalue weighted by Gasteiger charge is -2.39. The SMILES string of the molecule is CC(C)CC1(c2nc(-c3ccc(CN)cc3)no2)CCC1. The van der Waals surface area contributed by atoms with E-state index in [0.29, 0.717) is 18.3 Å². The van der Waals surface area contributed by atoms with Crippen molar-refractivity contribution in [1.82, 2.24) is 10.1 Å². The molecular formula is C17H23N3O. The topological polar surface area (TPSA) is 64.9 Å². The zero-order valence-electron chi connectivity index (χ0n) is 12.8. The summed E-state index contributed by atoms with van der Waals surface area (Å²) in [7, 11) is 0. The van der Waals surface area contributed by atoms with Crippen molar-refractivity contribution in [3.8, 4) is 11.4 Å². The monoisotopic (exact) mass is 285 g/mol. The Morgan fingerprint density at radius 3 is 2.48 bits per heavy atom. The van der Waals surface area contributed by atoms with Gasteiger partial charge in [-0.05, 0) is 30.7 Å². The second-order valence-corrected chi connectivity index (χ2v) is 6.56. The molecule has 0 bridgehead atoms. The maximum Gasteiger partial charge on any atom is 0.233 e. The Balaban J connectivity index is 1.85. The minimum absolute atomic E-state index is 0.122. The quantitative estimate of drug-likeness (QED) is 0.910. The summed E-state index contributed by atoms with van der Waals surface area (Å²) < 4.78 is 5.60. The molecule has 1 aliphatic carbocycles. The van der Waals surface area contributed by atoms with Crippen LogP contribution in [0.4, 0.5) is 0 Å². The van der Waals surface area contributed by atoms with E-state index >= 15 is 0 Å². The van der Waals surface area contributed by atoms with Gasteiger partial charge in [0.05, 0.1) is 0 Å². The van der Waals surface area contributed by atoms with Crippen molar-refractivity contribution in [3.63, 3.8) is 0 Å². The fourth-order valence-electron chi connectivity index (χ4n) is 3.24. The largest absolute Gasteiger partial charge is 0.338 e. The van der Waals surface area contributed by atoms with E-state index in [1.54, 1.807) is 0 Å². The van der Waals surface area contributed by atoms with Crippen LogP contribution in [0.25, 0.3) is 11.4 Å². The van der Waals surface area contributed by atoms with Crippen LogP contribution < -0.4 is 5.73 Å². The molecule has 0 saturated heterocycles. The summed E-state index contributed by atoms with van der Waals surface area (Å²) in [5.41, 5.74) is 7.84. The predicted molar refractivity (Wildman–Crippen MR) is 82.6 cm³/mol. The van der Waals surface area contributed by atoms with Crippen LogP contribution >= 0.6 is 0 Å². The van der Waals surface area contributed by atoms with Gasteiger partial charge in [0.25, 0.3) is 0 Å². The molecule has 1 saturated carbocycles. The molecule has 112 valence electrons. The van der Waals surface area contributed by atoms with E-state index in [0.717, 1.165) is 23.4 Å². The van der Waals surface area contributed by atoms with Gasteiger partial charge in [0.15, 0.2) is 0 Å². The fourth-order valence-corrected chi connectivity index (χ4v) is 3.24. The lowest BCUT2D eigenvalue weighted by Crippen LogP contribution is -2.36. The zero-order valence-corrected chi connectivity index (χ0v) is 12.8. The molecule has 1 fully saturated rings. The average molecular weight is 285 g/mol. The van der Waals surface area contributed by atoms with Crippen LogP contribution in [0, 0.1) is 5.92 Å². The highest BCUT2D eigenvalue weighted by Gasteiger charge is 2.44. The molecule has 1 aromatic heterocycles. The molecular weight excluding hydrogens is 262 g/mol. The van der Waals surface area contributed by atoms with Crippen molar-refractivity contribution in [2.24, 2.45) is 11.7 Å². The lowest BCUT2D eigenvalue weighted by atomic mass is 9.64. The predicted octanol–water partition coefficient (Wildman–Crippen LogP) is 3.66. The van der Waals surface area contributed by atoms with Gasteiger partial charge in [0.1, 0.15) is 0 Å². The molecule has 2 aromatic rings. The minimum Gasteiger partial charge on any atom is -0.338 e. The first-order valence-corrected chi connectivity index (χ1v) is 7.76. The van der Waals surface area contributed by atoms with E-state index in [-0.39, 0.29) is 5.41 Å². The molecule has 0 spiro atoms. The minimum atomic E-state index is 0.122. The first-order valence-electron chi connectivity index (χ1n) is 7.76. The number of aromatic nitrogens is 2. The molecule has 0 atom stereocenters. The van der Waals surface area contributed by atoms with Crippen LogP contribution in [0.5, 0.6) is 0 Å². The standard InChI is InChI=1S/C17H23N3O/c1-12(2)10-17(8-3-9-17)16-19-15(20-21-16)14-6-4-13(11-18)5-7-14/h4-7,12H,3,8-11,18H2,1-2H3. The first kappa shape index (κ1) is 14.3. The van der Waals surface area contributed by atoms with Crippen LogP contribution in [0.3, 0.4) is 0 Å². The van der Waals surface area contributed by atoms with E-state index in [9.17, 15) is 0 Å². The van der Waals surface area contributed by atoms with Crippen molar-refractivity contribution >= 4 is 0 Å². The van der Waals surface area contributed by atoms with E-state index < -0.39 is 0 Å². The summed E-state index contributed by atoms with van der Waals surface area (Å²) in [6.07, 6.45) is 4.72. The third-order valence-corrected chi connectivity index (χ3v) is 4.44. The molecule has 0 radical (unpaired) electrons. The van der Waals surface area contributed by atoms with Crippen molar-refractivity contribution in [1.29, 1.82) is 0 Å². The molecule has 0 amide bonds. The number of nitrogens with two attached hydrogens (primary N) is 1. The van der Waals surface area contributed by atoms with E-state index in [2.05, 4.69) is 24.0 Å². The number of hydrogen-bond acceptors (Lipinski definition) is 4.